The molecule has 1 aromatic heterocycles. The zero-order valence-electron chi connectivity index (χ0n) is 9.53. The van der Waals surface area contributed by atoms with Crippen LogP contribution in [-0.2, 0) is 11.3 Å². The minimum atomic E-state index is -0.470. The van der Waals surface area contributed by atoms with Gasteiger partial charge in [0, 0.05) is 13.1 Å². The number of carbonyl (C=O) groups is 1. The molecule has 88 valence electrons. The van der Waals surface area contributed by atoms with E-state index in [1.807, 2.05) is 25.3 Å². The highest BCUT2D eigenvalue weighted by Gasteiger charge is 2.30. The Labute approximate surface area is 103 Å². The Bertz CT molecular complexity index is 422. The number of hydrogen-bond acceptors (Lipinski definition) is 3. The predicted octanol–water partition coefficient (Wildman–Crippen LogP) is 2.40. The van der Waals surface area contributed by atoms with Crippen LogP contribution in [-0.4, -0.2) is 27.8 Å². The fourth-order valence-corrected chi connectivity index (χ4v) is 2.04. The van der Waals surface area contributed by atoms with Crippen molar-refractivity contribution in [3.63, 3.8) is 0 Å². The van der Waals surface area contributed by atoms with Crippen LogP contribution >= 0.6 is 15.9 Å². The van der Waals surface area contributed by atoms with Gasteiger partial charge in [-0.3, -0.25) is 4.90 Å². The molecule has 2 rings (SSSR count). The number of carbonyl (C=O) groups excluding carboxylic acids is 1. The van der Waals surface area contributed by atoms with Crippen molar-refractivity contribution in [2.24, 2.45) is 0 Å². The minimum absolute atomic E-state index is 0.321. The van der Waals surface area contributed by atoms with Crippen molar-refractivity contribution in [3.8, 4) is 0 Å². The molecular formula is C10H14BrN3O2. The summed E-state index contributed by atoms with van der Waals surface area (Å²) in [7, 11) is 0. The Balaban J connectivity index is 2.16. The van der Waals surface area contributed by atoms with E-state index >= 15 is 0 Å². The largest absolute Gasteiger partial charge is 0.443 e. The number of fused-ring (bicyclic) bond motifs is 1. The Morgan fingerprint density at radius 3 is 2.81 bits per heavy atom. The highest BCUT2D eigenvalue weighted by atomic mass is 79.9. The summed E-state index contributed by atoms with van der Waals surface area (Å²) in [5, 5.41) is 0. The van der Waals surface area contributed by atoms with E-state index in [0.29, 0.717) is 6.54 Å². The SMILES string of the molecule is CC(C)(C)OC(=O)N1CCn2c1cnc2Br. The van der Waals surface area contributed by atoms with Gasteiger partial charge in [-0.2, -0.15) is 0 Å². The summed E-state index contributed by atoms with van der Waals surface area (Å²) in [5.74, 6) is 0.779. The summed E-state index contributed by atoms with van der Waals surface area (Å²) in [6.07, 6.45) is 1.35. The van der Waals surface area contributed by atoms with Crippen LogP contribution < -0.4 is 4.90 Å². The first-order valence-corrected chi connectivity index (χ1v) is 5.89. The molecule has 0 bridgehead atoms. The van der Waals surface area contributed by atoms with E-state index in [9.17, 15) is 4.79 Å². The van der Waals surface area contributed by atoms with Crippen molar-refractivity contribution in [1.82, 2.24) is 9.55 Å². The molecule has 16 heavy (non-hydrogen) atoms. The van der Waals surface area contributed by atoms with Crippen LogP contribution in [0.25, 0.3) is 0 Å². The van der Waals surface area contributed by atoms with Gasteiger partial charge in [0.05, 0.1) is 6.20 Å². The second-order valence-corrected chi connectivity index (χ2v) is 5.38. The molecule has 1 aliphatic rings. The molecule has 6 heteroatoms. The molecule has 0 saturated carbocycles. The van der Waals surface area contributed by atoms with E-state index in [1.54, 1.807) is 11.1 Å². The van der Waals surface area contributed by atoms with Crippen molar-refractivity contribution in [1.29, 1.82) is 0 Å². The molecule has 1 aliphatic heterocycles. The first kappa shape index (κ1) is 11.4. The summed E-state index contributed by atoms with van der Waals surface area (Å²) in [5.41, 5.74) is -0.470. The van der Waals surface area contributed by atoms with Crippen molar-refractivity contribution < 1.29 is 9.53 Å². The molecule has 0 unspecified atom stereocenters. The monoisotopic (exact) mass is 287 g/mol. The van der Waals surface area contributed by atoms with Crippen LogP contribution in [0, 0.1) is 0 Å². The van der Waals surface area contributed by atoms with Gasteiger partial charge in [-0.15, -0.1) is 0 Å². The number of halogens is 1. The highest BCUT2D eigenvalue weighted by Crippen LogP contribution is 2.27. The Hall–Kier alpha value is -1.04. The van der Waals surface area contributed by atoms with Crippen molar-refractivity contribution >= 4 is 27.8 Å². The van der Waals surface area contributed by atoms with Crippen molar-refractivity contribution in [2.45, 2.75) is 32.9 Å². The minimum Gasteiger partial charge on any atom is -0.443 e. The summed E-state index contributed by atoms with van der Waals surface area (Å²) in [6, 6.07) is 0. The van der Waals surface area contributed by atoms with Crippen LogP contribution in [0.1, 0.15) is 20.8 Å². The number of imidazole rings is 1. The van der Waals surface area contributed by atoms with Crippen molar-refractivity contribution in [3.05, 3.63) is 10.9 Å². The molecule has 1 amide bonds. The number of hydrogen-bond donors (Lipinski definition) is 0. The lowest BCUT2D eigenvalue weighted by Gasteiger charge is -2.23. The average Bonchev–Trinajstić information content (AvgIpc) is 2.66. The number of nitrogens with zero attached hydrogens (tertiary/aromatic N) is 3. The third-order valence-corrected chi connectivity index (χ3v) is 2.86. The van der Waals surface area contributed by atoms with E-state index in [0.717, 1.165) is 17.1 Å². The van der Waals surface area contributed by atoms with Crippen LogP contribution in [0.4, 0.5) is 10.6 Å². The zero-order chi connectivity index (χ0) is 11.9. The number of aromatic nitrogens is 2. The summed E-state index contributed by atoms with van der Waals surface area (Å²) in [4.78, 5) is 17.6. The summed E-state index contributed by atoms with van der Waals surface area (Å²) < 4.78 is 8.00. The molecule has 0 atom stereocenters. The third kappa shape index (κ3) is 2.07. The first-order valence-electron chi connectivity index (χ1n) is 5.10. The summed E-state index contributed by atoms with van der Waals surface area (Å²) in [6.45, 7) is 6.94. The first-order chi connectivity index (χ1) is 7.38. The average molecular weight is 288 g/mol. The van der Waals surface area contributed by atoms with E-state index in [1.165, 1.54) is 0 Å². The second-order valence-electron chi connectivity index (χ2n) is 4.67. The molecule has 0 aliphatic carbocycles. The lowest BCUT2D eigenvalue weighted by molar-refractivity contribution is 0.0584. The lowest BCUT2D eigenvalue weighted by Crippen LogP contribution is -2.35. The molecule has 0 spiro atoms. The molecule has 0 fully saturated rings. The van der Waals surface area contributed by atoms with Crippen LogP contribution in [0.3, 0.4) is 0 Å². The molecule has 1 aromatic rings. The zero-order valence-corrected chi connectivity index (χ0v) is 11.1. The number of amides is 1. The Kier molecular flexibility index (Phi) is 2.69. The Morgan fingerprint density at radius 2 is 2.19 bits per heavy atom. The number of anilines is 1. The molecule has 2 heterocycles. The maximum absolute atomic E-state index is 11.9. The summed E-state index contributed by atoms with van der Waals surface area (Å²) >= 11 is 3.33. The molecule has 0 aromatic carbocycles. The van der Waals surface area contributed by atoms with Gasteiger partial charge < -0.3 is 9.30 Å². The predicted molar refractivity (Wildman–Crippen MR) is 63.5 cm³/mol. The van der Waals surface area contributed by atoms with E-state index < -0.39 is 5.60 Å². The van der Waals surface area contributed by atoms with Gasteiger partial charge in [0.2, 0.25) is 0 Å². The third-order valence-electron chi connectivity index (χ3n) is 2.22. The quantitative estimate of drug-likeness (QED) is 0.736. The highest BCUT2D eigenvalue weighted by molar-refractivity contribution is 9.10. The molecule has 5 nitrogen and oxygen atoms in total. The maximum atomic E-state index is 11.9. The van der Waals surface area contributed by atoms with Crippen molar-refractivity contribution in [2.75, 3.05) is 11.4 Å². The smallest absolute Gasteiger partial charge is 0.416 e. The van der Waals surface area contributed by atoms with E-state index in [2.05, 4.69) is 20.9 Å². The molecular weight excluding hydrogens is 274 g/mol. The van der Waals surface area contributed by atoms with Gasteiger partial charge in [-0.05, 0) is 36.7 Å². The number of rotatable bonds is 0. The van der Waals surface area contributed by atoms with E-state index in [-0.39, 0.29) is 6.09 Å². The van der Waals surface area contributed by atoms with Gasteiger partial charge >= 0.3 is 6.09 Å². The Morgan fingerprint density at radius 1 is 1.50 bits per heavy atom. The van der Waals surface area contributed by atoms with Gasteiger partial charge in [-0.1, -0.05) is 0 Å². The molecule has 0 radical (unpaired) electrons. The van der Waals surface area contributed by atoms with Gasteiger partial charge in [0.25, 0.3) is 0 Å². The van der Waals surface area contributed by atoms with Crippen LogP contribution in [0.2, 0.25) is 0 Å². The van der Waals surface area contributed by atoms with Gasteiger partial charge in [0.1, 0.15) is 11.4 Å². The standard InChI is InChI=1S/C10H14BrN3O2/c1-10(2,3)16-9(15)14-5-4-13-7(14)6-12-8(13)11/h6H,4-5H2,1-3H3. The van der Waals surface area contributed by atoms with Crippen LogP contribution in [0.15, 0.2) is 10.9 Å². The lowest BCUT2D eigenvalue weighted by atomic mass is 10.2. The van der Waals surface area contributed by atoms with Crippen LogP contribution in [0.5, 0.6) is 0 Å². The molecule has 0 saturated heterocycles. The van der Waals surface area contributed by atoms with Gasteiger partial charge in [0.15, 0.2) is 4.73 Å². The second kappa shape index (κ2) is 3.76. The maximum Gasteiger partial charge on any atom is 0.416 e. The fourth-order valence-electron chi connectivity index (χ4n) is 1.58. The van der Waals surface area contributed by atoms with Gasteiger partial charge in [-0.25, -0.2) is 9.78 Å². The fraction of sp³-hybridized carbons (Fsp3) is 0.600. The topological polar surface area (TPSA) is 47.4 Å². The normalized spacial score (nSPS) is 15.1. The number of ether oxygens (including phenoxy) is 1. The molecule has 0 N–H and O–H groups in total. The van der Waals surface area contributed by atoms with E-state index in [4.69, 9.17) is 4.74 Å².